The van der Waals surface area contributed by atoms with Crippen molar-refractivity contribution in [2.75, 3.05) is 30.4 Å². The highest BCUT2D eigenvalue weighted by molar-refractivity contribution is 5.99. The molecule has 3 rings (SSSR count). The maximum absolute atomic E-state index is 12.6. The number of carbonyl (C=O) groups excluding carboxylic acids is 2. The molecule has 24 heavy (non-hydrogen) atoms. The molecule has 0 radical (unpaired) electrons. The van der Waals surface area contributed by atoms with Crippen LogP contribution in [0.1, 0.15) is 42.5 Å². The zero-order valence-electron chi connectivity index (χ0n) is 14.1. The zero-order valence-corrected chi connectivity index (χ0v) is 14.1. The van der Waals surface area contributed by atoms with Crippen molar-refractivity contribution in [3.05, 3.63) is 35.9 Å². The van der Waals surface area contributed by atoms with E-state index in [2.05, 4.69) is 22.4 Å². The van der Waals surface area contributed by atoms with Gasteiger partial charge in [-0.25, -0.2) is 4.79 Å². The summed E-state index contributed by atoms with van der Waals surface area (Å²) in [5, 5.41) is 3.05. The number of nitrogens with zero attached hydrogens (tertiary/aromatic N) is 1. The third-order valence-electron chi connectivity index (χ3n) is 4.76. The van der Waals surface area contributed by atoms with Gasteiger partial charge in [0.05, 0.1) is 24.0 Å². The fraction of sp³-hybridized carbons (Fsp3) is 0.474. The predicted octanol–water partition coefficient (Wildman–Crippen LogP) is 3.37. The average molecular weight is 328 g/mol. The Balaban J connectivity index is 1.85. The van der Waals surface area contributed by atoms with E-state index < -0.39 is 0 Å². The van der Waals surface area contributed by atoms with Crippen LogP contribution >= 0.6 is 0 Å². The van der Waals surface area contributed by atoms with Crippen LogP contribution in [0.2, 0.25) is 0 Å². The van der Waals surface area contributed by atoms with Crippen LogP contribution in [0.25, 0.3) is 0 Å². The molecule has 1 fully saturated rings. The minimum absolute atomic E-state index is 0.00297. The largest absolute Gasteiger partial charge is 0.465 e. The van der Waals surface area contributed by atoms with Crippen LogP contribution < -0.4 is 10.2 Å². The van der Waals surface area contributed by atoms with Gasteiger partial charge >= 0.3 is 5.97 Å². The number of methoxy groups -OCH3 is 1. The standard InChI is InChI=1S/C19H24N2O3/c1-24-19(23)15-9-10-17(21-11-5-6-12-21)16(13-15)20-18(22)14-7-3-2-4-8-14/h2-3,9-10,13-14H,4-8,11-12H2,1H3,(H,20,22)/t14-/m1/s1. The number of hydrogen-bond acceptors (Lipinski definition) is 4. The summed E-state index contributed by atoms with van der Waals surface area (Å²) in [6.07, 6.45) is 9.09. The highest BCUT2D eigenvalue weighted by Gasteiger charge is 2.23. The summed E-state index contributed by atoms with van der Waals surface area (Å²) in [4.78, 5) is 26.7. The second-order valence-electron chi connectivity index (χ2n) is 6.39. The molecule has 0 aromatic heterocycles. The van der Waals surface area contributed by atoms with E-state index in [9.17, 15) is 9.59 Å². The number of rotatable bonds is 4. The molecule has 1 heterocycles. The monoisotopic (exact) mass is 328 g/mol. The maximum atomic E-state index is 12.6. The van der Waals surface area contributed by atoms with Gasteiger partial charge in [0.15, 0.2) is 0 Å². The third-order valence-corrected chi connectivity index (χ3v) is 4.76. The quantitative estimate of drug-likeness (QED) is 0.680. The van der Waals surface area contributed by atoms with Gasteiger partial charge in [0.25, 0.3) is 0 Å². The molecule has 1 atom stereocenters. The van der Waals surface area contributed by atoms with Crippen molar-refractivity contribution in [2.45, 2.75) is 32.1 Å². The van der Waals surface area contributed by atoms with Crippen LogP contribution in [0.3, 0.4) is 0 Å². The predicted molar refractivity (Wildman–Crippen MR) is 94.3 cm³/mol. The number of allylic oxidation sites excluding steroid dienone is 2. The Morgan fingerprint density at radius 1 is 1.21 bits per heavy atom. The smallest absolute Gasteiger partial charge is 0.337 e. The Hall–Kier alpha value is -2.30. The van der Waals surface area contributed by atoms with Crippen LogP contribution in [0.15, 0.2) is 30.4 Å². The Labute approximate surface area is 142 Å². The van der Waals surface area contributed by atoms with Gasteiger partial charge in [0, 0.05) is 19.0 Å². The normalized spacial score (nSPS) is 20.0. The fourth-order valence-corrected chi connectivity index (χ4v) is 3.38. The van der Waals surface area contributed by atoms with Crippen molar-refractivity contribution in [1.29, 1.82) is 0 Å². The molecule has 128 valence electrons. The summed E-state index contributed by atoms with van der Waals surface area (Å²) in [5.74, 6) is -0.357. The Morgan fingerprint density at radius 3 is 2.67 bits per heavy atom. The first-order valence-electron chi connectivity index (χ1n) is 8.62. The Kier molecular flexibility index (Phi) is 5.18. The molecule has 0 unspecified atom stereocenters. The molecule has 2 aliphatic rings. The zero-order chi connectivity index (χ0) is 16.9. The molecule has 1 aromatic carbocycles. The van der Waals surface area contributed by atoms with Gasteiger partial charge in [-0.15, -0.1) is 0 Å². The summed E-state index contributed by atoms with van der Waals surface area (Å²) in [6.45, 7) is 1.96. The van der Waals surface area contributed by atoms with Crippen LogP contribution in [0, 0.1) is 5.92 Å². The van der Waals surface area contributed by atoms with E-state index in [1.54, 1.807) is 12.1 Å². The average Bonchev–Trinajstić information content (AvgIpc) is 3.16. The first-order chi connectivity index (χ1) is 11.7. The molecule has 1 aliphatic carbocycles. The molecule has 0 saturated carbocycles. The highest BCUT2D eigenvalue weighted by atomic mass is 16.5. The summed E-state index contributed by atoms with van der Waals surface area (Å²) in [5.41, 5.74) is 2.15. The van der Waals surface area contributed by atoms with Crippen molar-refractivity contribution in [3.8, 4) is 0 Å². The number of anilines is 2. The molecular formula is C19H24N2O3. The van der Waals surface area contributed by atoms with Crippen molar-refractivity contribution in [3.63, 3.8) is 0 Å². The molecule has 1 aliphatic heterocycles. The van der Waals surface area contributed by atoms with Crippen LogP contribution in [-0.2, 0) is 9.53 Å². The lowest BCUT2D eigenvalue weighted by Crippen LogP contribution is -2.26. The Bertz CT molecular complexity index is 648. The van der Waals surface area contributed by atoms with Crippen LogP contribution in [0.4, 0.5) is 11.4 Å². The SMILES string of the molecule is COC(=O)c1ccc(N2CCCC2)c(NC(=O)[C@@H]2CC=CCC2)c1. The van der Waals surface area contributed by atoms with E-state index in [0.29, 0.717) is 11.3 Å². The highest BCUT2D eigenvalue weighted by Crippen LogP contribution is 2.31. The van der Waals surface area contributed by atoms with Gasteiger partial charge in [-0.2, -0.15) is 0 Å². The second-order valence-corrected chi connectivity index (χ2v) is 6.39. The lowest BCUT2D eigenvalue weighted by molar-refractivity contribution is -0.120. The van der Waals surface area contributed by atoms with Gasteiger partial charge in [-0.3, -0.25) is 4.79 Å². The van der Waals surface area contributed by atoms with E-state index in [1.807, 2.05) is 6.07 Å². The van der Waals surface area contributed by atoms with Gasteiger partial charge in [-0.1, -0.05) is 12.2 Å². The third kappa shape index (κ3) is 3.61. The van der Waals surface area contributed by atoms with E-state index in [4.69, 9.17) is 4.74 Å². The molecular weight excluding hydrogens is 304 g/mol. The number of esters is 1. The first-order valence-corrected chi connectivity index (χ1v) is 8.62. The first kappa shape index (κ1) is 16.6. The maximum Gasteiger partial charge on any atom is 0.337 e. The van der Waals surface area contributed by atoms with Crippen molar-refractivity contribution in [1.82, 2.24) is 0 Å². The van der Waals surface area contributed by atoms with Crippen molar-refractivity contribution in [2.24, 2.45) is 5.92 Å². The summed E-state index contributed by atoms with van der Waals surface area (Å²) < 4.78 is 4.80. The molecule has 1 amide bonds. The van der Waals surface area contributed by atoms with E-state index in [1.165, 1.54) is 7.11 Å². The minimum Gasteiger partial charge on any atom is -0.465 e. The molecule has 1 N–H and O–H groups in total. The van der Waals surface area contributed by atoms with E-state index in [-0.39, 0.29) is 17.8 Å². The molecule has 1 saturated heterocycles. The lowest BCUT2D eigenvalue weighted by Gasteiger charge is -2.24. The van der Waals surface area contributed by atoms with Crippen LogP contribution in [-0.4, -0.2) is 32.1 Å². The van der Waals surface area contributed by atoms with Gasteiger partial charge in [0.1, 0.15) is 0 Å². The number of nitrogens with one attached hydrogen (secondary N) is 1. The summed E-state index contributed by atoms with van der Waals surface area (Å²) in [7, 11) is 1.36. The lowest BCUT2D eigenvalue weighted by atomic mass is 9.93. The number of carbonyl (C=O) groups is 2. The van der Waals surface area contributed by atoms with Crippen molar-refractivity contribution >= 4 is 23.3 Å². The number of ether oxygens (including phenoxy) is 1. The summed E-state index contributed by atoms with van der Waals surface area (Å²) >= 11 is 0. The minimum atomic E-state index is -0.390. The summed E-state index contributed by atoms with van der Waals surface area (Å²) in [6, 6.07) is 5.41. The fourth-order valence-electron chi connectivity index (χ4n) is 3.38. The molecule has 1 aromatic rings. The number of amides is 1. The van der Waals surface area contributed by atoms with E-state index in [0.717, 1.165) is 50.9 Å². The van der Waals surface area contributed by atoms with Gasteiger partial charge < -0.3 is 15.0 Å². The molecule has 5 nitrogen and oxygen atoms in total. The molecule has 0 spiro atoms. The second kappa shape index (κ2) is 7.51. The van der Waals surface area contributed by atoms with Crippen molar-refractivity contribution < 1.29 is 14.3 Å². The Morgan fingerprint density at radius 2 is 2.00 bits per heavy atom. The van der Waals surface area contributed by atoms with Gasteiger partial charge in [-0.05, 0) is 50.3 Å². The number of hydrogen-bond donors (Lipinski definition) is 1. The molecule has 0 bridgehead atoms. The van der Waals surface area contributed by atoms with Crippen LogP contribution in [0.5, 0.6) is 0 Å². The topological polar surface area (TPSA) is 58.6 Å². The van der Waals surface area contributed by atoms with Gasteiger partial charge in [0.2, 0.25) is 5.91 Å². The molecule has 5 heteroatoms. The number of benzene rings is 1. The van der Waals surface area contributed by atoms with E-state index >= 15 is 0 Å².